The second-order valence-electron chi connectivity index (χ2n) is 6.00. The van der Waals surface area contributed by atoms with E-state index in [0.29, 0.717) is 25.8 Å². The van der Waals surface area contributed by atoms with E-state index in [9.17, 15) is 24.3 Å². The number of carbonyl (C=O) groups is 3. The number of rotatable bonds is 6. The second kappa shape index (κ2) is 8.41. The van der Waals surface area contributed by atoms with E-state index in [2.05, 4.69) is 15.5 Å². The number of aromatic nitrogens is 2. The van der Waals surface area contributed by atoms with Gasteiger partial charge in [0.25, 0.3) is 11.5 Å². The number of carboxylic acids is 1. The fourth-order valence-corrected chi connectivity index (χ4v) is 2.87. The molecule has 0 spiro atoms. The van der Waals surface area contributed by atoms with Gasteiger partial charge in [-0.3, -0.25) is 14.4 Å². The number of aliphatic carboxylic acids is 1. The number of likely N-dealkylation sites (tertiary alicyclic amines) is 1. The molecule has 1 aliphatic rings. The summed E-state index contributed by atoms with van der Waals surface area (Å²) in [5, 5.41) is 17.6. The summed E-state index contributed by atoms with van der Waals surface area (Å²) in [7, 11) is 0. The van der Waals surface area contributed by atoms with E-state index >= 15 is 0 Å². The molecule has 9 nitrogen and oxygen atoms in total. The van der Waals surface area contributed by atoms with Crippen molar-refractivity contribution in [2.24, 2.45) is 0 Å². The average molecular weight is 350 g/mol. The third kappa shape index (κ3) is 4.65. The predicted octanol–water partition coefficient (Wildman–Crippen LogP) is 0.134. The van der Waals surface area contributed by atoms with Crippen LogP contribution in [-0.4, -0.2) is 56.6 Å². The molecule has 0 radical (unpaired) electrons. The van der Waals surface area contributed by atoms with Crippen LogP contribution in [-0.2, 0) is 9.59 Å². The van der Waals surface area contributed by atoms with Crippen molar-refractivity contribution in [2.45, 2.75) is 51.1 Å². The highest BCUT2D eigenvalue weighted by Crippen LogP contribution is 2.19. The van der Waals surface area contributed by atoms with Crippen molar-refractivity contribution < 1.29 is 19.5 Å². The Hall–Kier alpha value is -2.71. The van der Waals surface area contributed by atoms with Crippen LogP contribution < -0.4 is 10.9 Å². The van der Waals surface area contributed by atoms with E-state index in [0.717, 1.165) is 12.8 Å². The Kier molecular flexibility index (Phi) is 6.26. The lowest BCUT2D eigenvalue weighted by Gasteiger charge is -2.35. The Labute approximate surface area is 144 Å². The summed E-state index contributed by atoms with van der Waals surface area (Å²) in [5.74, 6) is -2.03. The molecule has 25 heavy (non-hydrogen) atoms. The van der Waals surface area contributed by atoms with Crippen molar-refractivity contribution in [3.8, 4) is 0 Å². The van der Waals surface area contributed by atoms with Gasteiger partial charge < -0.3 is 15.3 Å². The van der Waals surface area contributed by atoms with E-state index < -0.39 is 35.4 Å². The molecule has 2 unspecified atom stereocenters. The Morgan fingerprint density at radius 1 is 1.40 bits per heavy atom. The number of hydrogen-bond acceptors (Lipinski definition) is 5. The average Bonchev–Trinajstić information content (AvgIpc) is 2.61. The zero-order valence-electron chi connectivity index (χ0n) is 14.0. The minimum Gasteiger partial charge on any atom is -0.480 e. The first-order valence-corrected chi connectivity index (χ1v) is 8.34. The third-order valence-corrected chi connectivity index (χ3v) is 4.16. The summed E-state index contributed by atoms with van der Waals surface area (Å²) in [6.07, 6.45) is 2.91. The number of aromatic amines is 1. The molecular weight excluding hydrogens is 328 g/mol. The number of carbonyl (C=O) groups excluding carboxylic acids is 2. The van der Waals surface area contributed by atoms with Crippen LogP contribution in [0.4, 0.5) is 0 Å². The molecule has 0 saturated carbocycles. The van der Waals surface area contributed by atoms with Crippen molar-refractivity contribution in [1.82, 2.24) is 20.4 Å². The summed E-state index contributed by atoms with van der Waals surface area (Å²) in [5.41, 5.74) is -0.379. The maximum absolute atomic E-state index is 12.6. The van der Waals surface area contributed by atoms with Crippen molar-refractivity contribution in [3.05, 3.63) is 28.2 Å². The molecule has 2 atom stereocenters. The summed E-state index contributed by atoms with van der Waals surface area (Å²) in [6.45, 7) is 2.21. The van der Waals surface area contributed by atoms with Crippen LogP contribution in [0.25, 0.3) is 0 Å². The molecule has 1 aliphatic heterocycles. The second-order valence-corrected chi connectivity index (χ2v) is 6.00. The van der Waals surface area contributed by atoms with E-state index in [1.165, 1.54) is 17.0 Å². The van der Waals surface area contributed by atoms with E-state index in [-0.39, 0.29) is 5.69 Å². The normalized spacial score (nSPS) is 18.4. The number of H-pyrrole nitrogens is 1. The number of nitrogens with one attached hydrogen (secondary N) is 2. The van der Waals surface area contributed by atoms with Crippen molar-refractivity contribution in [2.75, 3.05) is 6.54 Å². The van der Waals surface area contributed by atoms with Crippen molar-refractivity contribution in [1.29, 1.82) is 0 Å². The largest absolute Gasteiger partial charge is 0.480 e. The minimum absolute atomic E-state index is 0.0441. The Balaban J connectivity index is 2.15. The molecule has 1 saturated heterocycles. The first kappa shape index (κ1) is 18.6. The predicted molar refractivity (Wildman–Crippen MR) is 88.0 cm³/mol. The van der Waals surface area contributed by atoms with Gasteiger partial charge in [-0.1, -0.05) is 13.3 Å². The highest BCUT2D eigenvalue weighted by atomic mass is 16.4. The van der Waals surface area contributed by atoms with Crippen LogP contribution in [0, 0.1) is 0 Å². The fraction of sp³-hybridized carbons (Fsp3) is 0.562. The van der Waals surface area contributed by atoms with E-state index in [1.54, 1.807) is 0 Å². The van der Waals surface area contributed by atoms with Gasteiger partial charge in [0.05, 0.1) is 0 Å². The number of hydrogen-bond donors (Lipinski definition) is 3. The highest BCUT2D eigenvalue weighted by molar-refractivity contribution is 5.96. The molecule has 3 N–H and O–H groups in total. The lowest BCUT2D eigenvalue weighted by atomic mass is 10.00. The van der Waals surface area contributed by atoms with Gasteiger partial charge in [0, 0.05) is 12.6 Å². The first-order valence-electron chi connectivity index (χ1n) is 8.34. The summed E-state index contributed by atoms with van der Waals surface area (Å²) >= 11 is 0. The number of piperidine rings is 1. The molecule has 0 bridgehead atoms. The van der Waals surface area contributed by atoms with E-state index in [1.807, 2.05) is 6.92 Å². The van der Waals surface area contributed by atoms with Crippen LogP contribution in [0.3, 0.4) is 0 Å². The molecule has 2 heterocycles. The number of carboxylic acid groups (broad SMARTS) is 1. The monoisotopic (exact) mass is 350 g/mol. The Bertz CT molecular complexity index is 682. The van der Waals surface area contributed by atoms with Gasteiger partial charge in [-0.2, -0.15) is 5.10 Å². The van der Waals surface area contributed by atoms with Crippen molar-refractivity contribution >= 4 is 17.8 Å². The zero-order chi connectivity index (χ0) is 18.4. The summed E-state index contributed by atoms with van der Waals surface area (Å²) < 4.78 is 0. The molecule has 1 aromatic rings. The SMILES string of the molecule is CCCC(NC(=O)C1CCCCN1C(=O)c1ccc(=O)[nH]n1)C(=O)O. The van der Waals surface area contributed by atoms with Crippen LogP contribution in [0.15, 0.2) is 16.9 Å². The van der Waals surface area contributed by atoms with Gasteiger partial charge >= 0.3 is 5.97 Å². The van der Waals surface area contributed by atoms with Gasteiger partial charge in [-0.05, 0) is 31.7 Å². The quantitative estimate of drug-likeness (QED) is 0.668. The zero-order valence-corrected chi connectivity index (χ0v) is 14.0. The van der Waals surface area contributed by atoms with Gasteiger partial charge in [-0.25, -0.2) is 9.89 Å². The summed E-state index contributed by atoms with van der Waals surface area (Å²) in [6, 6.07) is 0.791. The molecule has 1 aromatic heterocycles. The molecule has 0 aromatic carbocycles. The standard InChI is InChI=1S/C16H22N4O5/c1-2-5-11(16(24)25)17-14(22)12-6-3-4-9-20(12)15(23)10-7-8-13(21)19-18-10/h7-8,11-12H,2-6,9H2,1H3,(H,17,22)(H,19,21)(H,24,25). The van der Waals surface area contributed by atoms with Crippen molar-refractivity contribution in [3.63, 3.8) is 0 Å². The molecule has 2 rings (SSSR count). The van der Waals surface area contributed by atoms with E-state index in [4.69, 9.17) is 0 Å². The number of nitrogens with zero attached hydrogens (tertiary/aromatic N) is 2. The fourth-order valence-electron chi connectivity index (χ4n) is 2.87. The molecule has 136 valence electrons. The topological polar surface area (TPSA) is 132 Å². The lowest BCUT2D eigenvalue weighted by Crippen LogP contribution is -2.55. The van der Waals surface area contributed by atoms with Crippen LogP contribution >= 0.6 is 0 Å². The lowest BCUT2D eigenvalue weighted by molar-refractivity contribution is -0.143. The van der Waals surface area contributed by atoms with Gasteiger partial charge in [-0.15, -0.1) is 0 Å². The molecule has 1 fully saturated rings. The smallest absolute Gasteiger partial charge is 0.326 e. The van der Waals surface area contributed by atoms with Crippen LogP contribution in [0.1, 0.15) is 49.5 Å². The maximum atomic E-state index is 12.6. The third-order valence-electron chi connectivity index (χ3n) is 4.16. The molecule has 9 heteroatoms. The summed E-state index contributed by atoms with van der Waals surface area (Å²) in [4.78, 5) is 48.9. The number of amides is 2. The highest BCUT2D eigenvalue weighted by Gasteiger charge is 2.34. The minimum atomic E-state index is -1.09. The van der Waals surface area contributed by atoms with Crippen LogP contribution in [0.2, 0.25) is 0 Å². The van der Waals surface area contributed by atoms with Gasteiger partial charge in [0.1, 0.15) is 17.8 Å². The Morgan fingerprint density at radius 2 is 2.16 bits per heavy atom. The van der Waals surface area contributed by atoms with Gasteiger partial charge in [0.2, 0.25) is 5.91 Å². The first-order chi connectivity index (χ1) is 11.9. The molecular formula is C16H22N4O5. The maximum Gasteiger partial charge on any atom is 0.326 e. The Morgan fingerprint density at radius 3 is 2.76 bits per heavy atom. The van der Waals surface area contributed by atoms with Crippen LogP contribution in [0.5, 0.6) is 0 Å². The molecule has 0 aliphatic carbocycles. The van der Waals surface area contributed by atoms with Gasteiger partial charge in [0.15, 0.2) is 0 Å². The molecule has 2 amide bonds.